The van der Waals surface area contributed by atoms with Gasteiger partial charge >= 0.3 is 0 Å². The fraction of sp³-hybridized carbons (Fsp3) is 0.286. The molecule has 2 heterocycles. The second kappa shape index (κ2) is 9.28. The zero-order valence-electron chi connectivity index (χ0n) is 16.2. The predicted molar refractivity (Wildman–Crippen MR) is 119 cm³/mol. The molecule has 1 aliphatic heterocycles. The van der Waals surface area contributed by atoms with E-state index in [-0.39, 0.29) is 5.78 Å². The average molecular weight is 427 g/mol. The lowest BCUT2D eigenvalue weighted by Gasteiger charge is -2.35. The number of hydrogen-bond acceptors (Lipinski definition) is 8. The minimum atomic E-state index is 0.0749. The van der Waals surface area contributed by atoms with Gasteiger partial charge in [0.2, 0.25) is 5.13 Å². The quantitative estimate of drug-likeness (QED) is 0.420. The second-order valence-electron chi connectivity index (χ2n) is 6.60. The Hall–Kier alpha value is -2.58. The molecule has 8 heteroatoms. The molecule has 4 rings (SSSR count). The van der Waals surface area contributed by atoms with Crippen LogP contribution in [0.5, 0.6) is 5.75 Å². The number of ether oxygens (including phenoxy) is 1. The lowest BCUT2D eigenvalue weighted by atomic mass is 10.1. The number of benzene rings is 2. The van der Waals surface area contributed by atoms with Crippen LogP contribution in [0.2, 0.25) is 0 Å². The Bertz CT molecular complexity index is 939. The van der Waals surface area contributed by atoms with Gasteiger partial charge in [-0.15, -0.1) is 10.2 Å². The van der Waals surface area contributed by atoms with E-state index in [4.69, 9.17) is 4.74 Å². The Morgan fingerprint density at radius 3 is 2.38 bits per heavy atom. The number of para-hydroxylation sites is 1. The number of hydrogen-bond donors (Lipinski definition) is 0. The first-order chi connectivity index (χ1) is 14.2. The number of thioether (sulfide) groups is 1. The summed E-state index contributed by atoms with van der Waals surface area (Å²) in [6.07, 6.45) is 0. The Morgan fingerprint density at radius 1 is 1.00 bits per heavy atom. The Morgan fingerprint density at radius 2 is 1.69 bits per heavy atom. The molecule has 3 aromatic rings. The van der Waals surface area contributed by atoms with Gasteiger partial charge in [0, 0.05) is 37.4 Å². The molecule has 6 nitrogen and oxygen atoms in total. The van der Waals surface area contributed by atoms with Crippen LogP contribution < -0.4 is 14.5 Å². The molecule has 0 spiro atoms. The summed E-state index contributed by atoms with van der Waals surface area (Å²) in [4.78, 5) is 17.0. The molecular weight excluding hydrogens is 404 g/mol. The standard InChI is InChI=1S/C21H22N4O2S2/c1-27-18-9-7-16(8-10-18)19(26)15-28-21-23-22-20(29-21)25-13-11-24(12-14-25)17-5-3-2-4-6-17/h2-10H,11-15H2,1H3. The summed E-state index contributed by atoms with van der Waals surface area (Å²) in [7, 11) is 1.61. The first-order valence-electron chi connectivity index (χ1n) is 9.41. The smallest absolute Gasteiger partial charge is 0.209 e. The Balaban J connectivity index is 1.29. The van der Waals surface area contributed by atoms with E-state index in [0.717, 1.165) is 41.4 Å². The number of carbonyl (C=O) groups excluding carboxylic acids is 1. The molecule has 1 saturated heterocycles. The van der Waals surface area contributed by atoms with Crippen LogP contribution in [0.3, 0.4) is 0 Å². The van der Waals surface area contributed by atoms with Crippen molar-refractivity contribution in [2.75, 3.05) is 48.8 Å². The number of piperazine rings is 1. The third-order valence-electron chi connectivity index (χ3n) is 4.81. The molecule has 2 aromatic carbocycles. The fourth-order valence-corrected chi connectivity index (χ4v) is 4.96. The molecule has 0 atom stereocenters. The summed E-state index contributed by atoms with van der Waals surface area (Å²) in [6, 6.07) is 17.7. The molecule has 29 heavy (non-hydrogen) atoms. The van der Waals surface area contributed by atoms with Crippen LogP contribution in [-0.2, 0) is 0 Å². The highest BCUT2D eigenvalue weighted by Crippen LogP contribution is 2.29. The van der Waals surface area contributed by atoms with Gasteiger partial charge in [-0.2, -0.15) is 0 Å². The maximum atomic E-state index is 12.4. The largest absolute Gasteiger partial charge is 0.497 e. The molecule has 0 aliphatic carbocycles. The fourth-order valence-electron chi connectivity index (χ4n) is 3.17. The highest BCUT2D eigenvalue weighted by Gasteiger charge is 2.20. The normalized spacial score (nSPS) is 14.1. The molecule has 1 aliphatic rings. The minimum Gasteiger partial charge on any atom is -0.497 e. The number of methoxy groups -OCH3 is 1. The van der Waals surface area contributed by atoms with E-state index in [1.165, 1.54) is 17.4 Å². The summed E-state index contributed by atoms with van der Waals surface area (Å²) in [6.45, 7) is 3.75. The van der Waals surface area contributed by atoms with Crippen LogP contribution in [0.25, 0.3) is 0 Å². The van der Waals surface area contributed by atoms with E-state index in [1.807, 2.05) is 6.07 Å². The van der Waals surface area contributed by atoms with Gasteiger partial charge in [-0.1, -0.05) is 41.3 Å². The topological polar surface area (TPSA) is 58.6 Å². The van der Waals surface area contributed by atoms with Crippen LogP contribution in [0.15, 0.2) is 58.9 Å². The first kappa shape index (κ1) is 19.7. The summed E-state index contributed by atoms with van der Waals surface area (Å²) in [5.41, 5.74) is 1.94. The molecule has 0 bridgehead atoms. The minimum absolute atomic E-state index is 0.0749. The van der Waals surface area contributed by atoms with Gasteiger partial charge in [0.05, 0.1) is 12.9 Å². The van der Waals surface area contributed by atoms with E-state index in [9.17, 15) is 4.79 Å². The monoisotopic (exact) mass is 426 g/mol. The van der Waals surface area contributed by atoms with Crippen molar-refractivity contribution in [3.8, 4) is 5.75 Å². The molecule has 0 N–H and O–H groups in total. The molecule has 0 amide bonds. The van der Waals surface area contributed by atoms with Gasteiger partial charge in [0.1, 0.15) is 5.75 Å². The van der Waals surface area contributed by atoms with E-state index in [0.29, 0.717) is 11.3 Å². The van der Waals surface area contributed by atoms with Crippen LogP contribution in [-0.4, -0.2) is 55.0 Å². The zero-order chi connectivity index (χ0) is 20.1. The number of nitrogens with zero attached hydrogens (tertiary/aromatic N) is 4. The van der Waals surface area contributed by atoms with Crippen molar-refractivity contribution in [3.05, 3.63) is 60.2 Å². The van der Waals surface area contributed by atoms with Gasteiger partial charge in [0.15, 0.2) is 10.1 Å². The number of aromatic nitrogens is 2. The van der Waals surface area contributed by atoms with Crippen molar-refractivity contribution in [3.63, 3.8) is 0 Å². The molecule has 0 radical (unpaired) electrons. The summed E-state index contributed by atoms with van der Waals surface area (Å²) in [5, 5.41) is 9.53. The van der Waals surface area contributed by atoms with E-state index >= 15 is 0 Å². The SMILES string of the molecule is COc1ccc(C(=O)CSc2nnc(N3CCN(c4ccccc4)CC3)s2)cc1. The van der Waals surface area contributed by atoms with Gasteiger partial charge in [0.25, 0.3) is 0 Å². The first-order valence-corrected chi connectivity index (χ1v) is 11.2. The Kier molecular flexibility index (Phi) is 6.31. The summed E-state index contributed by atoms with van der Waals surface area (Å²) < 4.78 is 5.96. The predicted octanol–water partition coefficient (Wildman–Crippen LogP) is 3.85. The molecule has 0 unspecified atom stereocenters. The van der Waals surface area contributed by atoms with Crippen LogP contribution >= 0.6 is 23.1 Å². The number of anilines is 2. The second-order valence-corrected chi connectivity index (χ2v) is 8.78. The maximum absolute atomic E-state index is 12.4. The number of ketones is 1. The molecular formula is C21H22N4O2S2. The van der Waals surface area contributed by atoms with Gasteiger partial charge in [-0.3, -0.25) is 4.79 Å². The van der Waals surface area contributed by atoms with Crippen molar-refractivity contribution < 1.29 is 9.53 Å². The maximum Gasteiger partial charge on any atom is 0.209 e. The number of carbonyl (C=O) groups is 1. The summed E-state index contributed by atoms with van der Waals surface area (Å²) in [5.74, 6) is 1.17. The number of Topliss-reactive ketones (excluding diaryl/α,β-unsaturated/α-hetero) is 1. The Labute approximate surface area is 178 Å². The zero-order valence-corrected chi connectivity index (χ0v) is 17.8. The molecule has 1 aromatic heterocycles. The van der Waals surface area contributed by atoms with Crippen molar-refractivity contribution in [1.82, 2.24) is 10.2 Å². The van der Waals surface area contributed by atoms with Gasteiger partial charge < -0.3 is 14.5 Å². The van der Waals surface area contributed by atoms with E-state index in [1.54, 1.807) is 42.7 Å². The van der Waals surface area contributed by atoms with Crippen molar-refractivity contribution >= 4 is 39.7 Å². The molecule has 150 valence electrons. The van der Waals surface area contributed by atoms with Crippen molar-refractivity contribution in [2.45, 2.75) is 4.34 Å². The van der Waals surface area contributed by atoms with E-state index < -0.39 is 0 Å². The van der Waals surface area contributed by atoms with Crippen LogP contribution in [0.4, 0.5) is 10.8 Å². The summed E-state index contributed by atoms with van der Waals surface area (Å²) >= 11 is 3.00. The highest BCUT2D eigenvalue weighted by atomic mass is 32.2. The lowest BCUT2D eigenvalue weighted by molar-refractivity contribution is 0.102. The number of rotatable bonds is 7. The van der Waals surface area contributed by atoms with Crippen molar-refractivity contribution in [1.29, 1.82) is 0 Å². The van der Waals surface area contributed by atoms with Gasteiger partial charge in [-0.25, -0.2) is 0 Å². The highest BCUT2D eigenvalue weighted by molar-refractivity contribution is 8.01. The molecule has 0 saturated carbocycles. The molecule has 1 fully saturated rings. The third-order valence-corrected chi connectivity index (χ3v) is 6.92. The van der Waals surface area contributed by atoms with Crippen LogP contribution in [0, 0.1) is 0 Å². The third kappa shape index (κ3) is 4.89. The van der Waals surface area contributed by atoms with Crippen LogP contribution in [0.1, 0.15) is 10.4 Å². The van der Waals surface area contributed by atoms with E-state index in [2.05, 4.69) is 44.3 Å². The lowest BCUT2D eigenvalue weighted by Crippen LogP contribution is -2.46. The average Bonchev–Trinajstić information content (AvgIpc) is 3.27. The van der Waals surface area contributed by atoms with Crippen molar-refractivity contribution in [2.24, 2.45) is 0 Å². The van der Waals surface area contributed by atoms with Gasteiger partial charge in [-0.05, 0) is 36.4 Å².